The average molecular weight is 370 g/mol. The van der Waals surface area contributed by atoms with Gasteiger partial charge in [-0.1, -0.05) is 6.92 Å². The Hall–Kier alpha value is -2.34. The number of piperazine rings is 1. The molecule has 0 bridgehead atoms. The molecule has 1 amide bonds. The highest BCUT2D eigenvalue weighted by Gasteiger charge is 2.30. The molecular formula is C21H30N4O2. The summed E-state index contributed by atoms with van der Waals surface area (Å²) in [6.45, 7) is 9.77. The predicted octanol–water partition coefficient (Wildman–Crippen LogP) is 3.26. The van der Waals surface area contributed by atoms with Gasteiger partial charge < -0.3 is 14.2 Å². The zero-order valence-corrected chi connectivity index (χ0v) is 16.8. The topological polar surface area (TPSA) is 52.8 Å². The minimum atomic E-state index is 0.0737. The van der Waals surface area contributed by atoms with Gasteiger partial charge in [-0.3, -0.25) is 9.69 Å². The monoisotopic (exact) mass is 370 g/mol. The number of nitrogens with zero attached hydrogens (tertiary/aromatic N) is 4. The molecule has 3 heterocycles. The van der Waals surface area contributed by atoms with Crippen molar-refractivity contribution in [2.75, 3.05) is 31.6 Å². The summed E-state index contributed by atoms with van der Waals surface area (Å²) < 4.78 is 5.38. The molecule has 1 fully saturated rings. The lowest BCUT2D eigenvalue weighted by molar-refractivity contribution is 0.0371. The van der Waals surface area contributed by atoms with Gasteiger partial charge in [0, 0.05) is 45.0 Å². The van der Waals surface area contributed by atoms with Crippen LogP contribution in [-0.4, -0.2) is 59.5 Å². The number of aromatic nitrogens is 1. The van der Waals surface area contributed by atoms with Crippen molar-refractivity contribution in [3.63, 3.8) is 0 Å². The van der Waals surface area contributed by atoms with Crippen LogP contribution in [0.5, 0.6) is 0 Å². The molecule has 2 aromatic heterocycles. The smallest absolute Gasteiger partial charge is 0.255 e. The Balaban J connectivity index is 1.63. The fraction of sp³-hybridized carbons (Fsp3) is 0.524. The van der Waals surface area contributed by atoms with Crippen molar-refractivity contribution in [1.82, 2.24) is 14.8 Å². The van der Waals surface area contributed by atoms with Crippen LogP contribution in [0, 0.1) is 0 Å². The summed E-state index contributed by atoms with van der Waals surface area (Å²) in [5.41, 5.74) is 0.651. The van der Waals surface area contributed by atoms with Crippen LogP contribution >= 0.6 is 0 Å². The predicted molar refractivity (Wildman–Crippen MR) is 107 cm³/mol. The first kappa shape index (κ1) is 19.4. The van der Waals surface area contributed by atoms with Crippen LogP contribution in [0.15, 0.2) is 41.1 Å². The molecule has 1 aliphatic heterocycles. The second kappa shape index (κ2) is 8.57. The molecular weight excluding hydrogens is 340 g/mol. The fourth-order valence-electron chi connectivity index (χ4n) is 3.74. The van der Waals surface area contributed by atoms with Gasteiger partial charge in [-0.25, -0.2) is 4.98 Å². The van der Waals surface area contributed by atoms with E-state index in [1.807, 2.05) is 41.1 Å². The van der Waals surface area contributed by atoms with Crippen LogP contribution in [0.2, 0.25) is 0 Å². The van der Waals surface area contributed by atoms with E-state index in [0.29, 0.717) is 24.2 Å². The van der Waals surface area contributed by atoms with Crippen molar-refractivity contribution < 1.29 is 9.21 Å². The number of hydrogen-bond donors (Lipinski definition) is 0. The number of hydrogen-bond acceptors (Lipinski definition) is 5. The highest BCUT2D eigenvalue weighted by Crippen LogP contribution is 2.19. The maximum absolute atomic E-state index is 12.9. The van der Waals surface area contributed by atoms with Crippen LogP contribution in [-0.2, 0) is 6.54 Å². The van der Waals surface area contributed by atoms with E-state index in [9.17, 15) is 4.79 Å². The largest absolute Gasteiger partial charge is 0.467 e. The summed E-state index contributed by atoms with van der Waals surface area (Å²) in [7, 11) is 1.96. The summed E-state index contributed by atoms with van der Waals surface area (Å²) in [6, 6.07) is 8.53. The van der Waals surface area contributed by atoms with Gasteiger partial charge in [0.2, 0.25) is 0 Å². The molecule has 3 rings (SSSR count). The molecule has 0 radical (unpaired) electrons. The zero-order chi connectivity index (χ0) is 19.4. The lowest BCUT2D eigenvalue weighted by Crippen LogP contribution is -2.56. The van der Waals surface area contributed by atoms with E-state index >= 15 is 0 Å². The molecule has 2 aromatic rings. The Morgan fingerprint density at radius 3 is 2.74 bits per heavy atom. The molecule has 1 atom stereocenters. The lowest BCUT2D eigenvalue weighted by atomic mass is 10.1. The van der Waals surface area contributed by atoms with E-state index < -0.39 is 0 Å². The number of anilines is 1. The Morgan fingerprint density at radius 2 is 2.15 bits per heavy atom. The van der Waals surface area contributed by atoms with Crippen molar-refractivity contribution >= 4 is 11.7 Å². The molecule has 6 nitrogen and oxygen atoms in total. The van der Waals surface area contributed by atoms with Gasteiger partial charge in [-0.2, -0.15) is 0 Å². The first-order valence-electron chi connectivity index (χ1n) is 9.74. The lowest BCUT2D eigenvalue weighted by Gasteiger charge is -2.43. The molecule has 0 unspecified atom stereocenters. The van der Waals surface area contributed by atoms with Gasteiger partial charge in [-0.15, -0.1) is 0 Å². The molecule has 0 aromatic carbocycles. The highest BCUT2D eigenvalue weighted by atomic mass is 16.3. The van der Waals surface area contributed by atoms with Gasteiger partial charge in [-0.05, 0) is 44.5 Å². The maximum atomic E-state index is 12.9. The standard InChI is InChI=1S/C21H30N4O2/c1-5-18-14-24(10-11-25(18)16(2)3)21(26)17-8-9-20(22-13-17)23(4)15-19-7-6-12-27-19/h6-9,12-13,16,18H,5,10-11,14-15H2,1-4H3/t18-/m1/s1. The quantitative estimate of drug-likeness (QED) is 0.781. The van der Waals surface area contributed by atoms with Crippen LogP contribution in [0.3, 0.4) is 0 Å². The fourth-order valence-corrected chi connectivity index (χ4v) is 3.74. The number of amides is 1. The van der Waals surface area contributed by atoms with Crippen molar-refractivity contribution in [2.24, 2.45) is 0 Å². The van der Waals surface area contributed by atoms with Crippen LogP contribution in [0.25, 0.3) is 0 Å². The summed E-state index contributed by atoms with van der Waals surface area (Å²) in [5, 5.41) is 0. The summed E-state index contributed by atoms with van der Waals surface area (Å²) in [4.78, 5) is 23.9. The number of furan rings is 1. The minimum Gasteiger partial charge on any atom is -0.467 e. The van der Waals surface area contributed by atoms with Gasteiger partial charge in [0.25, 0.3) is 5.91 Å². The molecule has 0 spiro atoms. The van der Waals surface area contributed by atoms with Crippen molar-refractivity contribution in [2.45, 2.75) is 45.8 Å². The molecule has 27 heavy (non-hydrogen) atoms. The highest BCUT2D eigenvalue weighted by molar-refractivity contribution is 5.94. The van der Waals surface area contributed by atoms with E-state index in [1.165, 1.54) is 0 Å². The van der Waals surface area contributed by atoms with Crippen LogP contribution < -0.4 is 4.90 Å². The molecule has 0 aliphatic carbocycles. The molecule has 0 saturated carbocycles. The number of rotatable bonds is 6. The summed E-state index contributed by atoms with van der Waals surface area (Å²) in [6.07, 6.45) is 4.41. The van der Waals surface area contributed by atoms with Gasteiger partial charge >= 0.3 is 0 Å². The minimum absolute atomic E-state index is 0.0737. The number of pyridine rings is 1. The molecule has 1 saturated heterocycles. The Bertz CT molecular complexity index is 727. The third-order valence-corrected chi connectivity index (χ3v) is 5.31. The summed E-state index contributed by atoms with van der Waals surface area (Å²) >= 11 is 0. The molecule has 146 valence electrons. The third-order valence-electron chi connectivity index (χ3n) is 5.31. The molecule has 1 aliphatic rings. The third kappa shape index (κ3) is 4.50. The average Bonchev–Trinajstić information content (AvgIpc) is 3.19. The van der Waals surface area contributed by atoms with E-state index in [-0.39, 0.29) is 5.91 Å². The Morgan fingerprint density at radius 1 is 1.33 bits per heavy atom. The first-order valence-corrected chi connectivity index (χ1v) is 9.74. The van der Waals surface area contributed by atoms with E-state index in [4.69, 9.17) is 4.42 Å². The zero-order valence-electron chi connectivity index (χ0n) is 16.8. The number of carbonyl (C=O) groups is 1. The van der Waals surface area contributed by atoms with Crippen LogP contribution in [0.1, 0.15) is 43.3 Å². The van der Waals surface area contributed by atoms with Gasteiger partial charge in [0.1, 0.15) is 11.6 Å². The second-order valence-electron chi connectivity index (χ2n) is 7.49. The normalized spacial score (nSPS) is 18.1. The van der Waals surface area contributed by atoms with E-state index in [1.54, 1.807) is 12.5 Å². The van der Waals surface area contributed by atoms with Crippen molar-refractivity contribution in [3.8, 4) is 0 Å². The summed E-state index contributed by atoms with van der Waals surface area (Å²) in [5.74, 6) is 1.77. The Kier molecular flexibility index (Phi) is 6.16. The number of carbonyl (C=O) groups excluding carboxylic acids is 1. The van der Waals surface area contributed by atoms with Gasteiger partial charge in [0.15, 0.2) is 0 Å². The maximum Gasteiger partial charge on any atom is 0.255 e. The van der Waals surface area contributed by atoms with Crippen molar-refractivity contribution in [3.05, 3.63) is 48.0 Å². The Labute approximate surface area is 161 Å². The molecule has 6 heteroatoms. The first-order chi connectivity index (χ1) is 13.0. The SMILES string of the molecule is CC[C@@H]1CN(C(=O)c2ccc(N(C)Cc3ccco3)nc2)CCN1C(C)C. The van der Waals surface area contributed by atoms with E-state index in [2.05, 4.69) is 30.7 Å². The van der Waals surface area contributed by atoms with E-state index in [0.717, 1.165) is 37.6 Å². The second-order valence-corrected chi connectivity index (χ2v) is 7.49. The molecule has 0 N–H and O–H groups in total. The van der Waals surface area contributed by atoms with Gasteiger partial charge in [0.05, 0.1) is 18.4 Å². The van der Waals surface area contributed by atoms with Crippen LogP contribution in [0.4, 0.5) is 5.82 Å². The van der Waals surface area contributed by atoms with Crippen molar-refractivity contribution in [1.29, 1.82) is 0 Å².